The number of amides is 1. The number of halogens is 1. The minimum absolute atomic E-state index is 0.0184. The molecule has 0 saturated carbocycles. The van der Waals surface area contributed by atoms with Crippen LogP contribution in [0.2, 0.25) is 0 Å². The highest BCUT2D eigenvalue weighted by Crippen LogP contribution is 2.19. The van der Waals surface area contributed by atoms with Gasteiger partial charge in [0.1, 0.15) is 17.4 Å². The highest BCUT2D eigenvalue weighted by Gasteiger charge is 2.11. The van der Waals surface area contributed by atoms with Gasteiger partial charge in [-0.1, -0.05) is 15.9 Å². The molecule has 0 saturated heterocycles. The van der Waals surface area contributed by atoms with Gasteiger partial charge in [0, 0.05) is 27.7 Å². The summed E-state index contributed by atoms with van der Waals surface area (Å²) in [6, 6.07) is 19.4. The van der Waals surface area contributed by atoms with Crippen LogP contribution < -0.4 is 5.32 Å². The molecule has 0 atom stereocenters. The van der Waals surface area contributed by atoms with E-state index in [0.29, 0.717) is 11.4 Å². The number of benzene rings is 2. The SMILES string of the molecule is N#CC(=Cc1cccn1-c1ccc(Br)cc1)C(=O)Nc1ccc(O)cc1. The number of nitrogens with zero attached hydrogens (tertiary/aromatic N) is 2. The number of nitrogens with one attached hydrogen (secondary N) is 1. The Morgan fingerprint density at radius 1 is 1.12 bits per heavy atom. The van der Waals surface area contributed by atoms with E-state index in [2.05, 4.69) is 21.2 Å². The van der Waals surface area contributed by atoms with Crippen molar-refractivity contribution in [2.75, 3.05) is 5.32 Å². The van der Waals surface area contributed by atoms with Crippen LogP contribution in [0.1, 0.15) is 5.69 Å². The normalized spacial score (nSPS) is 11.0. The van der Waals surface area contributed by atoms with Crippen molar-refractivity contribution in [3.63, 3.8) is 0 Å². The second-order valence-corrected chi connectivity index (χ2v) is 6.37. The molecule has 2 N–H and O–H groups in total. The zero-order valence-corrected chi connectivity index (χ0v) is 15.1. The molecule has 26 heavy (non-hydrogen) atoms. The van der Waals surface area contributed by atoms with Gasteiger partial charge in [-0.25, -0.2) is 0 Å². The number of phenols is 1. The number of rotatable bonds is 4. The van der Waals surface area contributed by atoms with Crippen LogP contribution in [0, 0.1) is 11.3 Å². The van der Waals surface area contributed by atoms with Crippen LogP contribution in [-0.2, 0) is 4.79 Å². The lowest BCUT2D eigenvalue weighted by atomic mass is 10.2. The summed E-state index contributed by atoms with van der Waals surface area (Å²) < 4.78 is 2.86. The Balaban J connectivity index is 1.87. The summed E-state index contributed by atoms with van der Waals surface area (Å²) in [6.45, 7) is 0. The van der Waals surface area contributed by atoms with Crippen molar-refractivity contribution in [1.82, 2.24) is 4.57 Å². The molecule has 0 aliphatic carbocycles. The molecule has 0 spiro atoms. The first-order chi connectivity index (χ1) is 12.6. The molecule has 5 nitrogen and oxygen atoms in total. The number of nitriles is 1. The maximum absolute atomic E-state index is 12.4. The molecule has 2 aromatic carbocycles. The van der Waals surface area contributed by atoms with E-state index in [0.717, 1.165) is 10.2 Å². The van der Waals surface area contributed by atoms with Crippen molar-refractivity contribution in [2.24, 2.45) is 0 Å². The molecule has 3 aromatic rings. The molecule has 0 fully saturated rings. The van der Waals surface area contributed by atoms with Gasteiger partial charge < -0.3 is 15.0 Å². The van der Waals surface area contributed by atoms with Crippen LogP contribution in [0.15, 0.2) is 76.9 Å². The Kier molecular flexibility index (Phi) is 5.20. The topological polar surface area (TPSA) is 78.0 Å². The molecule has 1 aromatic heterocycles. The van der Waals surface area contributed by atoms with Crippen molar-refractivity contribution in [3.05, 3.63) is 82.6 Å². The predicted octanol–water partition coefficient (Wildman–Crippen LogP) is 4.49. The molecular formula is C20H14BrN3O2. The van der Waals surface area contributed by atoms with E-state index in [1.165, 1.54) is 18.2 Å². The van der Waals surface area contributed by atoms with Crippen LogP contribution in [-0.4, -0.2) is 15.6 Å². The predicted molar refractivity (Wildman–Crippen MR) is 104 cm³/mol. The number of hydrogen-bond acceptors (Lipinski definition) is 3. The number of aromatic hydroxyl groups is 1. The first-order valence-electron chi connectivity index (χ1n) is 7.72. The van der Waals surface area contributed by atoms with Crippen LogP contribution in [0.25, 0.3) is 11.8 Å². The summed E-state index contributed by atoms with van der Waals surface area (Å²) in [7, 11) is 0. The number of carbonyl (C=O) groups excluding carboxylic acids is 1. The fraction of sp³-hybridized carbons (Fsp3) is 0. The highest BCUT2D eigenvalue weighted by molar-refractivity contribution is 9.10. The monoisotopic (exact) mass is 407 g/mol. The fourth-order valence-electron chi connectivity index (χ4n) is 2.39. The lowest BCUT2D eigenvalue weighted by molar-refractivity contribution is -0.112. The zero-order valence-electron chi connectivity index (χ0n) is 13.6. The first-order valence-corrected chi connectivity index (χ1v) is 8.51. The number of aromatic nitrogens is 1. The third-order valence-corrected chi connectivity index (χ3v) is 4.20. The van der Waals surface area contributed by atoms with E-state index in [1.54, 1.807) is 12.1 Å². The molecule has 1 amide bonds. The summed E-state index contributed by atoms with van der Waals surface area (Å²) in [5, 5.41) is 21.3. The molecule has 128 valence electrons. The largest absolute Gasteiger partial charge is 0.508 e. The van der Waals surface area contributed by atoms with Crippen molar-refractivity contribution < 1.29 is 9.90 Å². The molecule has 0 aliphatic rings. The van der Waals surface area contributed by atoms with Gasteiger partial charge in [0.2, 0.25) is 0 Å². The third-order valence-electron chi connectivity index (χ3n) is 3.67. The molecule has 1 heterocycles. The quantitative estimate of drug-likeness (QED) is 0.379. The minimum Gasteiger partial charge on any atom is -0.508 e. The molecule has 3 rings (SSSR count). The van der Waals surface area contributed by atoms with Gasteiger partial charge in [-0.3, -0.25) is 4.79 Å². The number of phenolic OH excluding ortho intramolecular Hbond substituents is 1. The summed E-state index contributed by atoms with van der Waals surface area (Å²) in [4.78, 5) is 12.4. The van der Waals surface area contributed by atoms with Crippen molar-refractivity contribution in [1.29, 1.82) is 5.26 Å². The van der Waals surface area contributed by atoms with E-state index < -0.39 is 5.91 Å². The zero-order chi connectivity index (χ0) is 18.5. The van der Waals surface area contributed by atoms with Gasteiger partial charge in [0.25, 0.3) is 5.91 Å². The Hall–Kier alpha value is -3.30. The van der Waals surface area contributed by atoms with E-state index in [1.807, 2.05) is 53.2 Å². The van der Waals surface area contributed by atoms with E-state index in [9.17, 15) is 15.2 Å². The van der Waals surface area contributed by atoms with Gasteiger partial charge in [0.15, 0.2) is 0 Å². The summed E-state index contributed by atoms with van der Waals surface area (Å²) in [6.07, 6.45) is 3.40. The Morgan fingerprint density at radius 2 is 1.81 bits per heavy atom. The van der Waals surface area contributed by atoms with Gasteiger partial charge in [-0.05, 0) is 66.7 Å². The molecule has 6 heteroatoms. The summed E-state index contributed by atoms with van der Waals surface area (Å²) in [5.41, 5.74) is 2.11. The number of anilines is 1. The average Bonchev–Trinajstić information content (AvgIpc) is 3.10. The average molecular weight is 408 g/mol. The van der Waals surface area contributed by atoms with Gasteiger partial charge in [-0.15, -0.1) is 0 Å². The molecule has 0 radical (unpaired) electrons. The van der Waals surface area contributed by atoms with E-state index in [4.69, 9.17) is 0 Å². The lowest BCUT2D eigenvalue weighted by Gasteiger charge is -2.08. The third kappa shape index (κ3) is 4.02. The molecular weight excluding hydrogens is 394 g/mol. The van der Waals surface area contributed by atoms with Gasteiger partial charge in [0.05, 0.1) is 0 Å². The number of hydrogen-bond donors (Lipinski definition) is 2. The van der Waals surface area contributed by atoms with Gasteiger partial charge in [-0.2, -0.15) is 5.26 Å². The van der Waals surface area contributed by atoms with Gasteiger partial charge >= 0.3 is 0 Å². The van der Waals surface area contributed by atoms with Crippen molar-refractivity contribution in [2.45, 2.75) is 0 Å². The van der Waals surface area contributed by atoms with Crippen LogP contribution in [0.3, 0.4) is 0 Å². The Bertz CT molecular complexity index is 997. The van der Waals surface area contributed by atoms with Crippen LogP contribution in [0.5, 0.6) is 5.75 Å². The minimum atomic E-state index is -0.512. The van der Waals surface area contributed by atoms with Crippen molar-refractivity contribution in [3.8, 4) is 17.5 Å². The van der Waals surface area contributed by atoms with Crippen LogP contribution >= 0.6 is 15.9 Å². The second kappa shape index (κ2) is 7.72. The second-order valence-electron chi connectivity index (χ2n) is 5.45. The standard InChI is InChI=1S/C20H14BrN3O2/c21-15-3-7-17(8-4-15)24-11-1-2-18(24)12-14(13-22)20(26)23-16-5-9-19(25)10-6-16/h1-12,25H,(H,23,26). The Labute approximate surface area is 159 Å². The molecule has 0 bridgehead atoms. The summed E-state index contributed by atoms with van der Waals surface area (Å²) >= 11 is 3.40. The summed E-state index contributed by atoms with van der Waals surface area (Å²) in [5.74, 6) is -0.409. The van der Waals surface area contributed by atoms with E-state index >= 15 is 0 Å². The first kappa shape index (κ1) is 17.5. The van der Waals surface area contributed by atoms with Crippen molar-refractivity contribution >= 4 is 33.6 Å². The highest BCUT2D eigenvalue weighted by atomic mass is 79.9. The molecule has 0 unspecified atom stereocenters. The maximum Gasteiger partial charge on any atom is 0.266 e. The fourth-order valence-corrected chi connectivity index (χ4v) is 2.65. The molecule has 0 aliphatic heterocycles. The van der Waals surface area contributed by atoms with Crippen LogP contribution in [0.4, 0.5) is 5.69 Å². The Morgan fingerprint density at radius 3 is 2.46 bits per heavy atom. The lowest BCUT2D eigenvalue weighted by Crippen LogP contribution is -2.13. The maximum atomic E-state index is 12.4. The number of carbonyl (C=O) groups is 1. The van der Waals surface area contributed by atoms with E-state index in [-0.39, 0.29) is 11.3 Å². The smallest absolute Gasteiger partial charge is 0.266 e.